The summed E-state index contributed by atoms with van der Waals surface area (Å²) in [6.45, 7) is 5.56. The minimum atomic E-state index is -0.226. The molecule has 1 aliphatic heterocycles. The zero-order valence-corrected chi connectivity index (χ0v) is 15.5. The number of carbonyl (C=O) groups excluding carboxylic acids is 1. The predicted octanol–water partition coefficient (Wildman–Crippen LogP) is 3.31. The van der Waals surface area contributed by atoms with Crippen LogP contribution in [-0.4, -0.2) is 43.0 Å². The van der Waals surface area contributed by atoms with E-state index in [9.17, 15) is 9.18 Å². The van der Waals surface area contributed by atoms with Gasteiger partial charge in [0, 0.05) is 43.4 Å². The number of piperazine rings is 1. The molecule has 1 saturated heterocycles. The Labute approximate surface area is 158 Å². The molecule has 0 aromatic heterocycles. The standard InChI is InChI=1S/C20H23ClFN3O/c1-15(20(26)23-14-16-4-2-3-5-19(16)21)24-10-12-25(13-11-24)18-8-6-17(22)7-9-18/h2-9,15H,10-14H2,1H3,(H,23,26)/t15-/m0/s1. The molecule has 1 heterocycles. The molecule has 1 fully saturated rings. The monoisotopic (exact) mass is 375 g/mol. The van der Waals surface area contributed by atoms with Crippen molar-refractivity contribution in [3.05, 3.63) is 64.9 Å². The molecule has 0 unspecified atom stereocenters. The largest absolute Gasteiger partial charge is 0.369 e. The van der Waals surface area contributed by atoms with Crippen LogP contribution in [0, 0.1) is 5.82 Å². The van der Waals surface area contributed by atoms with Crippen molar-refractivity contribution in [1.82, 2.24) is 10.2 Å². The summed E-state index contributed by atoms with van der Waals surface area (Å²) in [5, 5.41) is 3.63. The minimum absolute atomic E-state index is 0.000141. The Bertz CT molecular complexity index is 745. The van der Waals surface area contributed by atoms with Gasteiger partial charge in [-0.05, 0) is 42.8 Å². The molecule has 0 spiro atoms. The highest BCUT2D eigenvalue weighted by molar-refractivity contribution is 6.31. The third-order valence-corrected chi connectivity index (χ3v) is 5.21. The second-order valence-corrected chi connectivity index (χ2v) is 6.89. The summed E-state index contributed by atoms with van der Waals surface area (Å²) < 4.78 is 13.1. The number of benzene rings is 2. The van der Waals surface area contributed by atoms with E-state index in [2.05, 4.69) is 15.1 Å². The van der Waals surface area contributed by atoms with E-state index in [0.717, 1.165) is 37.4 Å². The Hall–Kier alpha value is -2.11. The van der Waals surface area contributed by atoms with E-state index in [1.165, 1.54) is 12.1 Å². The molecule has 4 nitrogen and oxygen atoms in total. The van der Waals surface area contributed by atoms with Crippen LogP contribution in [0.5, 0.6) is 0 Å². The van der Waals surface area contributed by atoms with Crippen LogP contribution in [0.15, 0.2) is 48.5 Å². The molecule has 1 N–H and O–H groups in total. The number of amides is 1. The number of carbonyl (C=O) groups is 1. The molecule has 1 atom stereocenters. The second kappa shape index (κ2) is 8.52. The smallest absolute Gasteiger partial charge is 0.237 e. The number of hydrogen-bond acceptors (Lipinski definition) is 3. The molecule has 2 aromatic carbocycles. The van der Waals surface area contributed by atoms with Crippen LogP contribution < -0.4 is 10.2 Å². The molecule has 0 aliphatic carbocycles. The number of nitrogens with zero attached hydrogens (tertiary/aromatic N) is 2. The fourth-order valence-corrected chi connectivity index (χ4v) is 3.36. The minimum Gasteiger partial charge on any atom is -0.369 e. The maximum atomic E-state index is 13.1. The van der Waals surface area contributed by atoms with E-state index in [4.69, 9.17) is 11.6 Å². The quantitative estimate of drug-likeness (QED) is 0.870. The summed E-state index contributed by atoms with van der Waals surface area (Å²) in [7, 11) is 0. The first-order valence-corrected chi connectivity index (χ1v) is 9.18. The molecular weight excluding hydrogens is 353 g/mol. The van der Waals surface area contributed by atoms with Gasteiger partial charge in [0.25, 0.3) is 0 Å². The second-order valence-electron chi connectivity index (χ2n) is 6.48. The molecule has 3 rings (SSSR count). The Morgan fingerprint density at radius 1 is 1.12 bits per heavy atom. The van der Waals surface area contributed by atoms with Crippen molar-refractivity contribution in [3.63, 3.8) is 0 Å². The number of rotatable bonds is 5. The van der Waals surface area contributed by atoms with Crippen molar-refractivity contribution in [2.75, 3.05) is 31.1 Å². The zero-order valence-electron chi connectivity index (χ0n) is 14.8. The Morgan fingerprint density at radius 3 is 2.42 bits per heavy atom. The zero-order chi connectivity index (χ0) is 18.5. The fourth-order valence-electron chi connectivity index (χ4n) is 3.16. The molecule has 1 amide bonds. The SMILES string of the molecule is C[C@@H](C(=O)NCc1ccccc1Cl)N1CCN(c2ccc(F)cc2)CC1. The topological polar surface area (TPSA) is 35.6 Å². The van der Waals surface area contributed by atoms with Crippen molar-refractivity contribution in [2.24, 2.45) is 0 Å². The lowest BCUT2D eigenvalue weighted by Crippen LogP contribution is -2.53. The van der Waals surface area contributed by atoms with Gasteiger partial charge in [0.2, 0.25) is 5.91 Å². The molecule has 26 heavy (non-hydrogen) atoms. The lowest BCUT2D eigenvalue weighted by molar-refractivity contribution is -0.126. The van der Waals surface area contributed by atoms with Crippen molar-refractivity contribution >= 4 is 23.2 Å². The molecule has 2 aromatic rings. The number of anilines is 1. The first kappa shape index (κ1) is 18.7. The van der Waals surface area contributed by atoms with Crippen LogP contribution in [0.4, 0.5) is 10.1 Å². The van der Waals surface area contributed by atoms with Crippen molar-refractivity contribution in [2.45, 2.75) is 19.5 Å². The molecular formula is C20H23ClFN3O. The number of hydrogen-bond donors (Lipinski definition) is 1. The Morgan fingerprint density at radius 2 is 1.77 bits per heavy atom. The van der Waals surface area contributed by atoms with E-state index in [1.807, 2.05) is 31.2 Å². The first-order valence-electron chi connectivity index (χ1n) is 8.80. The van der Waals surface area contributed by atoms with Crippen LogP contribution in [0.3, 0.4) is 0 Å². The summed E-state index contributed by atoms with van der Waals surface area (Å²) in [6, 6.07) is 13.9. The molecule has 0 radical (unpaired) electrons. The van der Waals surface area contributed by atoms with Gasteiger partial charge in [0.15, 0.2) is 0 Å². The van der Waals surface area contributed by atoms with Crippen LogP contribution in [0.25, 0.3) is 0 Å². The van der Waals surface area contributed by atoms with Gasteiger partial charge in [-0.3, -0.25) is 9.69 Å². The summed E-state index contributed by atoms with van der Waals surface area (Å²) in [5.41, 5.74) is 1.93. The van der Waals surface area contributed by atoms with Crippen LogP contribution in [0.2, 0.25) is 5.02 Å². The van der Waals surface area contributed by atoms with E-state index >= 15 is 0 Å². The summed E-state index contributed by atoms with van der Waals surface area (Å²) in [6.07, 6.45) is 0. The predicted molar refractivity (Wildman–Crippen MR) is 103 cm³/mol. The summed E-state index contributed by atoms with van der Waals surface area (Å²) in [4.78, 5) is 16.8. The Balaban J connectivity index is 1.49. The number of halogens is 2. The van der Waals surface area contributed by atoms with Gasteiger partial charge in [0.1, 0.15) is 5.82 Å². The average molecular weight is 376 g/mol. The highest BCUT2D eigenvalue weighted by Gasteiger charge is 2.25. The maximum absolute atomic E-state index is 13.1. The van der Waals surface area contributed by atoms with Crippen molar-refractivity contribution < 1.29 is 9.18 Å². The molecule has 0 saturated carbocycles. The maximum Gasteiger partial charge on any atom is 0.237 e. The Kier molecular flexibility index (Phi) is 6.12. The van der Waals surface area contributed by atoms with Crippen LogP contribution in [0.1, 0.15) is 12.5 Å². The van der Waals surface area contributed by atoms with Gasteiger partial charge in [0.05, 0.1) is 6.04 Å². The van der Waals surface area contributed by atoms with E-state index in [-0.39, 0.29) is 17.8 Å². The summed E-state index contributed by atoms with van der Waals surface area (Å²) >= 11 is 6.13. The van der Waals surface area contributed by atoms with Gasteiger partial charge in [-0.15, -0.1) is 0 Å². The molecule has 1 aliphatic rings. The van der Waals surface area contributed by atoms with Gasteiger partial charge in [-0.1, -0.05) is 29.8 Å². The lowest BCUT2D eigenvalue weighted by Gasteiger charge is -2.38. The third-order valence-electron chi connectivity index (χ3n) is 4.84. The van der Waals surface area contributed by atoms with Gasteiger partial charge in [-0.2, -0.15) is 0 Å². The van der Waals surface area contributed by atoms with Crippen LogP contribution in [-0.2, 0) is 11.3 Å². The fraction of sp³-hybridized carbons (Fsp3) is 0.350. The van der Waals surface area contributed by atoms with Crippen molar-refractivity contribution in [1.29, 1.82) is 0 Å². The van der Waals surface area contributed by atoms with Gasteiger partial charge in [-0.25, -0.2) is 4.39 Å². The third kappa shape index (κ3) is 4.54. The molecule has 138 valence electrons. The molecule has 0 bridgehead atoms. The van der Waals surface area contributed by atoms with E-state index in [1.54, 1.807) is 12.1 Å². The first-order chi connectivity index (χ1) is 12.5. The van der Waals surface area contributed by atoms with Crippen molar-refractivity contribution in [3.8, 4) is 0 Å². The van der Waals surface area contributed by atoms with Crippen LogP contribution >= 0.6 is 11.6 Å². The highest BCUT2D eigenvalue weighted by atomic mass is 35.5. The van der Waals surface area contributed by atoms with Gasteiger partial charge < -0.3 is 10.2 Å². The lowest BCUT2D eigenvalue weighted by atomic mass is 10.2. The number of nitrogens with one attached hydrogen (secondary N) is 1. The van der Waals surface area contributed by atoms with E-state index < -0.39 is 0 Å². The molecule has 6 heteroatoms. The van der Waals surface area contributed by atoms with E-state index in [0.29, 0.717) is 11.6 Å². The van der Waals surface area contributed by atoms with Gasteiger partial charge >= 0.3 is 0 Å². The average Bonchev–Trinajstić information content (AvgIpc) is 2.67. The summed E-state index contributed by atoms with van der Waals surface area (Å²) in [5.74, 6) is -0.226. The normalized spacial score (nSPS) is 16.3. The highest BCUT2D eigenvalue weighted by Crippen LogP contribution is 2.18.